The van der Waals surface area contributed by atoms with E-state index in [2.05, 4.69) is 0 Å². The van der Waals surface area contributed by atoms with Crippen molar-refractivity contribution in [3.8, 4) is 11.8 Å². The van der Waals surface area contributed by atoms with Crippen LogP contribution in [0.4, 0.5) is 5.69 Å². The molecule has 0 N–H and O–H groups in total. The first-order valence-electron chi connectivity index (χ1n) is 7.31. The summed E-state index contributed by atoms with van der Waals surface area (Å²) < 4.78 is 14.8. The van der Waals surface area contributed by atoms with Gasteiger partial charge in [-0.25, -0.2) is 9.59 Å². The van der Waals surface area contributed by atoms with Gasteiger partial charge in [-0.2, -0.15) is 5.26 Å². The number of allylic oxidation sites excluding steroid dienone is 2. The Morgan fingerprint density at radius 1 is 1.12 bits per heavy atom. The second kappa shape index (κ2) is 8.23. The molecular weight excluding hydrogens is 360 g/mol. The van der Waals surface area contributed by atoms with Crippen molar-refractivity contribution in [1.29, 1.82) is 5.26 Å². The maximum atomic E-state index is 12.4. The number of benzene rings is 1. The minimum Gasteiger partial charge on any atom is -0.495 e. The molecule has 0 fully saturated rings. The molecule has 0 amide bonds. The summed E-state index contributed by atoms with van der Waals surface area (Å²) >= 11 is 6.08. The number of halogens is 1. The van der Waals surface area contributed by atoms with Gasteiger partial charge in [0.05, 0.1) is 43.2 Å². The number of nitrogens with zero attached hydrogens (tertiary/aromatic N) is 2. The predicted octanol–water partition coefficient (Wildman–Crippen LogP) is 2.71. The largest absolute Gasteiger partial charge is 0.495 e. The fraction of sp³-hybridized carbons (Fsp3) is 0.167. The maximum Gasteiger partial charge on any atom is 0.355 e. The Morgan fingerprint density at radius 3 is 2.38 bits per heavy atom. The van der Waals surface area contributed by atoms with Gasteiger partial charge in [0.15, 0.2) is 0 Å². The SMILES string of the molecule is COC(=O)C1=C(C(=O)OC)N(c2cc(OC)c(Cl)cc2C#N)C=CC=C1. The molecule has 0 radical (unpaired) electrons. The minimum absolute atomic E-state index is 0.0258. The average molecular weight is 375 g/mol. The van der Waals surface area contributed by atoms with E-state index in [1.54, 1.807) is 12.2 Å². The van der Waals surface area contributed by atoms with Crippen LogP contribution in [0.2, 0.25) is 5.02 Å². The summed E-state index contributed by atoms with van der Waals surface area (Å²) in [6.45, 7) is 0. The third-order valence-electron chi connectivity index (χ3n) is 3.54. The van der Waals surface area contributed by atoms with E-state index < -0.39 is 11.9 Å². The van der Waals surface area contributed by atoms with E-state index >= 15 is 0 Å². The fourth-order valence-corrected chi connectivity index (χ4v) is 2.58. The first kappa shape index (κ1) is 19.1. The number of carbonyl (C=O) groups is 2. The quantitative estimate of drug-likeness (QED) is 0.748. The van der Waals surface area contributed by atoms with Crippen molar-refractivity contribution in [2.24, 2.45) is 0 Å². The highest BCUT2D eigenvalue weighted by atomic mass is 35.5. The van der Waals surface area contributed by atoms with Gasteiger partial charge in [0.2, 0.25) is 0 Å². The van der Waals surface area contributed by atoms with Crippen molar-refractivity contribution in [1.82, 2.24) is 0 Å². The van der Waals surface area contributed by atoms with Crippen LogP contribution in [0.5, 0.6) is 5.75 Å². The molecule has 0 saturated heterocycles. The smallest absolute Gasteiger partial charge is 0.355 e. The van der Waals surface area contributed by atoms with Crippen LogP contribution in [0.15, 0.2) is 47.8 Å². The van der Waals surface area contributed by atoms with Crippen LogP contribution in [0.3, 0.4) is 0 Å². The first-order valence-corrected chi connectivity index (χ1v) is 7.68. The third kappa shape index (κ3) is 3.55. The standard InChI is InChI=1S/C18H15ClN2O5/c1-24-15-9-14(11(10-20)8-13(15)19)21-7-5-4-6-12(17(22)25-2)16(21)18(23)26-3/h4-9H,1-3H3. The van der Waals surface area contributed by atoms with Crippen LogP contribution in [-0.2, 0) is 19.1 Å². The van der Waals surface area contributed by atoms with Crippen LogP contribution in [0, 0.1) is 11.3 Å². The normalized spacial score (nSPS) is 13.1. The summed E-state index contributed by atoms with van der Waals surface area (Å²) in [6, 6.07) is 4.92. The predicted molar refractivity (Wildman–Crippen MR) is 94.5 cm³/mol. The van der Waals surface area contributed by atoms with E-state index in [4.69, 9.17) is 25.8 Å². The van der Waals surface area contributed by atoms with Gasteiger partial charge in [-0.1, -0.05) is 17.7 Å². The summed E-state index contributed by atoms with van der Waals surface area (Å²) in [5.74, 6) is -1.20. The first-order chi connectivity index (χ1) is 12.5. The Hall–Kier alpha value is -3.24. The van der Waals surface area contributed by atoms with Crippen LogP contribution < -0.4 is 9.64 Å². The number of nitriles is 1. The van der Waals surface area contributed by atoms with E-state index in [1.165, 1.54) is 50.6 Å². The molecule has 26 heavy (non-hydrogen) atoms. The number of methoxy groups -OCH3 is 3. The number of esters is 2. The number of hydrogen-bond donors (Lipinski definition) is 0. The molecule has 0 bridgehead atoms. The highest BCUT2D eigenvalue weighted by Crippen LogP contribution is 2.36. The Kier molecular flexibility index (Phi) is 6.04. The van der Waals surface area contributed by atoms with Gasteiger partial charge in [0.25, 0.3) is 0 Å². The highest BCUT2D eigenvalue weighted by molar-refractivity contribution is 6.32. The van der Waals surface area contributed by atoms with Crippen molar-refractivity contribution in [2.75, 3.05) is 26.2 Å². The zero-order valence-corrected chi connectivity index (χ0v) is 15.0. The van der Waals surface area contributed by atoms with Crippen molar-refractivity contribution in [3.63, 3.8) is 0 Å². The van der Waals surface area contributed by atoms with Gasteiger partial charge in [-0.3, -0.25) is 0 Å². The summed E-state index contributed by atoms with van der Waals surface area (Å²) in [4.78, 5) is 25.9. The second-order valence-electron chi connectivity index (χ2n) is 4.93. The second-order valence-corrected chi connectivity index (χ2v) is 5.34. The molecule has 0 aromatic heterocycles. The minimum atomic E-state index is -0.778. The maximum absolute atomic E-state index is 12.4. The lowest BCUT2D eigenvalue weighted by atomic mass is 10.1. The van der Waals surface area contributed by atoms with Crippen molar-refractivity contribution >= 4 is 29.2 Å². The van der Waals surface area contributed by atoms with Crippen molar-refractivity contribution in [3.05, 3.63) is 58.4 Å². The van der Waals surface area contributed by atoms with Crippen LogP contribution >= 0.6 is 11.6 Å². The molecule has 0 atom stereocenters. The van der Waals surface area contributed by atoms with Gasteiger partial charge in [0, 0.05) is 12.3 Å². The Labute approximate surface area is 155 Å². The molecule has 1 aliphatic heterocycles. The molecular formula is C18H15ClN2O5. The zero-order valence-electron chi connectivity index (χ0n) is 14.3. The molecule has 1 aromatic rings. The molecule has 0 aliphatic carbocycles. The van der Waals surface area contributed by atoms with E-state index in [-0.39, 0.29) is 27.5 Å². The van der Waals surface area contributed by atoms with E-state index in [0.29, 0.717) is 5.75 Å². The Balaban J connectivity index is 2.79. The number of rotatable bonds is 4. The number of ether oxygens (including phenoxy) is 3. The zero-order chi connectivity index (χ0) is 19.3. The van der Waals surface area contributed by atoms with Gasteiger partial charge < -0.3 is 19.1 Å². The van der Waals surface area contributed by atoms with Gasteiger partial charge >= 0.3 is 11.9 Å². The van der Waals surface area contributed by atoms with Crippen molar-refractivity contribution in [2.45, 2.75) is 0 Å². The summed E-state index contributed by atoms with van der Waals surface area (Å²) in [5, 5.41) is 9.71. The molecule has 1 heterocycles. The topological polar surface area (TPSA) is 88.9 Å². The summed E-state index contributed by atoms with van der Waals surface area (Å²) in [6.07, 6.45) is 6.10. The van der Waals surface area contributed by atoms with Gasteiger partial charge in [0.1, 0.15) is 17.5 Å². The summed E-state index contributed by atoms with van der Waals surface area (Å²) in [7, 11) is 3.81. The van der Waals surface area contributed by atoms with Crippen LogP contribution in [0.1, 0.15) is 5.56 Å². The molecule has 0 spiro atoms. The molecule has 0 saturated carbocycles. The monoisotopic (exact) mass is 374 g/mol. The molecule has 134 valence electrons. The van der Waals surface area contributed by atoms with E-state index in [0.717, 1.165) is 0 Å². The van der Waals surface area contributed by atoms with Gasteiger partial charge in [-0.15, -0.1) is 0 Å². The Morgan fingerprint density at radius 2 is 1.81 bits per heavy atom. The average Bonchev–Trinajstić information content (AvgIpc) is 2.89. The Bertz CT molecular complexity index is 880. The lowest BCUT2D eigenvalue weighted by Gasteiger charge is -2.24. The van der Waals surface area contributed by atoms with Gasteiger partial charge in [-0.05, 0) is 18.2 Å². The van der Waals surface area contributed by atoms with E-state index in [1.807, 2.05) is 6.07 Å². The summed E-state index contributed by atoms with van der Waals surface area (Å²) in [5.41, 5.74) is 0.329. The molecule has 2 rings (SSSR count). The molecule has 8 heteroatoms. The van der Waals surface area contributed by atoms with Crippen molar-refractivity contribution < 1.29 is 23.8 Å². The highest BCUT2D eigenvalue weighted by Gasteiger charge is 2.29. The molecule has 7 nitrogen and oxygen atoms in total. The molecule has 1 aliphatic rings. The van der Waals surface area contributed by atoms with Crippen LogP contribution in [-0.4, -0.2) is 33.3 Å². The molecule has 0 unspecified atom stereocenters. The fourth-order valence-electron chi connectivity index (χ4n) is 2.34. The number of hydrogen-bond acceptors (Lipinski definition) is 7. The lowest BCUT2D eigenvalue weighted by Crippen LogP contribution is -2.27. The van der Waals surface area contributed by atoms with E-state index in [9.17, 15) is 14.9 Å². The van der Waals surface area contributed by atoms with Crippen LogP contribution in [0.25, 0.3) is 0 Å². The third-order valence-corrected chi connectivity index (χ3v) is 3.83. The number of anilines is 1. The number of carbonyl (C=O) groups excluding carboxylic acids is 2. The lowest BCUT2D eigenvalue weighted by molar-refractivity contribution is -0.139. The molecule has 1 aromatic carbocycles.